The first-order valence-corrected chi connectivity index (χ1v) is 12.3. The Bertz CT molecular complexity index is 931. The van der Waals surface area contributed by atoms with Crippen LogP contribution in [0, 0.1) is 6.92 Å². The van der Waals surface area contributed by atoms with E-state index in [4.69, 9.17) is 4.74 Å². The maximum absolute atomic E-state index is 12.8. The molecule has 1 aliphatic heterocycles. The fourth-order valence-electron chi connectivity index (χ4n) is 2.34. The zero-order chi connectivity index (χ0) is 19.4. The molecule has 0 spiro atoms. The second kappa shape index (κ2) is 8.69. The molecule has 0 aromatic carbocycles. The predicted molar refractivity (Wildman–Crippen MR) is 106 cm³/mol. The molecule has 0 radical (unpaired) electrons. The van der Waals surface area contributed by atoms with Gasteiger partial charge in [-0.1, -0.05) is 0 Å². The molecule has 1 fully saturated rings. The van der Waals surface area contributed by atoms with Gasteiger partial charge in [-0.2, -0.15) is 16.1 Å². The number of carbonyl (C=O) groups is 2. The van der Waals surface area contributed by atoms with Gasteiger partial charge < -0.3 is 4.74 Å². The van der Waals surface area contributed by atoms with Crippen LogP contribution in [-0.2, 0) is 19.6 Å². The number of nitrogens with one attached hydrogen (secondary N) is 1. The maximum atomic E-state index is 12.8. The van der Waals surface area contributed by atoms with Crippen molar-refractivity contribution in [3.05, 3.63) is 27.4 Å². The van der Waals surface area contributed by atoms with Gasteiger partial charge in [0.2, 0.25) is 10.0 Å². The van der Waals surface area contributed by atoms with E-state index in [-0.39, 0.29) is 9.77 Å². The highest BCUT2D eigenvalue weighted by Crippen LogP contribution is 2.27. The van der Waals surface area contributed by atoms with Gasteiger partial charge in [-0.05, 0) is 18.4 Å². The third-order valence-electron chi connectivity index (χ3n) is 3.60. The summed E-state index contributed by atoms with van der Waals surface area (Å²) in [4.78, 5) is 28.2. The van der Waals surface area contributed by atoms with E-state index in [0.717, 1.165) is 28.5 Å². The van der Waals surface area contributed by atoms with Gasteiger partial charge in [0.15, 0.2) is 11.7 Å². The van der Waals surface area contributed by atoms with E-state index in [1.165, 1.54) is 27.1 Å². The Morgan fingerprint density at radius 2 is 2.04 bits per heavy atom. The third-order valence-corrected chi connectivity index (χ3v) is 8.38. The number of rotatable bonds is 6. The van der Waals surface area contributed by atoms with E-state index >= 15 is 0 Å². The molecule has 0 unspecified atom stereocenters. The molecule has 0 saturated carbocycles. The minimum atomic E-state index is -3.76. The standard InChI is InChI=1S/C15H17N3O5S4/c1-10-9-26-15(16-10)17-12(19)8-23-14(20)13-11(2-5-25-13)27(21,22)18-3-6-24-7-4-18/h2,5,9H,3-4,6-8H2,1H3,(H,16,17,19). The summed E-state index contributed by atoms with van der Waals surface area (Å²) in [5.74, 6) is 0.0752. The molecule has 0 atom stereocenters. The minimum Gasteiger partial charge on any atom is -0.451 e. The Morgan fingerprint density at radius 3 is 2.70 bits per heavy atom. The number of thiazole rings is 1. The topological polar surface area (TPSA) is 106 Å². The van der Waals surface area contributed by atoms with Crippen LogP contribution in [0.4, 0.5) is 5.13 Å². The first kappa shape index (κ1) is 20.3. The molecular weight excluding hydrogens is 430 g/mol. The zero-order valence-electron chi connectivity index (χ0n) is 14.3. The van der Waals surface area contributed by atoms with Crippen LogP contribution in [0.5, 0.6) is 0 Å². The first-order valence-electron chi connectivity index (χ1n) is 7.92. The van der Waals surface area contributed by atoms with Crippen molar-refractivity contribution in [2.45, 2.75) is 11.8 Å². The first-order chi connectivity index (χ1) is 12.9. The molecule has 1 aliphatic rings. The number of thiophene rings is 1. The Labute approximate surface area is 169 Å². The lowest BCUT2D eigenvalue weighted by molar-refractivity contribution is -0.119. The van der Waals surface area contributed by atoms with Crippen molar-refractivity contribution < 1.29 is 22.7 Å². The van der Waals surface area contributed by atoms with Crippen LogP contribution in [0.2, 0.25) is 0 Å². The molecule has 27 heavy (non-hydrogen) atoms. The monoisotopic (exact) mass is 447 g/mol. The second-order valence-corrected chi connectivity index (χ2v) is 10.5. The SMILES string of the molecule is Cc1csc(NC(=O)COC(=O)c2sccc2S(=O)(=O)N2CCSCC2)n1. The fourth-order valence-corrected chi connectivity index (χ4v) is 6.90. The van der Waals surface area contributed by atoms with Crippen LogP contribution in [0.3, 0.4) is 0 Å². The van der Waals surface area contributed by atoms with Crippen molar-refractivity contribution in [3.63, 3.8) is 0 Å². The van der Waals surface area contributed by atoms with Gasteiger partial charge in [0.1, 0.15) is 9.77 Å². The van der Waals surface area contributed by atoms with Gasteiger partial charge in [-0.3, -0.25) is 10.1 Å². The average Bonchev–Trinajstić information content (AvgIpc) is 3.30. The van der Waals surface area contributed by atoms with E-state index in [1.54, 1.807) is 24.1 Å². The highest BCUT2D eigenvalue weighted by Gasteiger charge is 2.31. The van der Waals surface area contributed by atoms with Gasteiger partial charge in [0.25, 0.3) is 5.91 Å². The normalized spacial score (nSPS) is 15.4. The molecule has 146 valence electrons. The lowest BCUT2D eigenvalue weighted by Crippen LogP contribution is -2.38. The van der Waals surface area contributed by atoms with E-state index < -0.39 is 28.5 Å². The molecule has 1 N–H and O–H groups in total. The highest BCUT2D eigenvalue weighted by molar-refractivity contribution is 7.99. The van der Waals surface area contributed by atoms with Crippen LogP contribution >= 0.6 is 34.4 Å². The van der Waals surface area contributed by atoms with E-state index in [9.17, 15) is 18.0 Å². The number of sulfonamides is 1. The number of anilines is 1. The number of hydrogen-bond donors (Lipinski definition) is 1. The summed E-state index contributed by atoms with van der Waals surface area (Å²) >= 11 is 3.94. The van der Waals surface area contributed by atoms with Crippen molar-refractivity contribution in [1.29, 1.82) is 0 Å². The van der Waals surface area contributed by atoms with Crippen molar-refractivity contribution in [2.24, 2.45) is 0 Å². The number of aryl methyl sites for hydroxylation is 1. The van der Waals surface area contributed by atoms with Crippen molar-refractivity contribution in [2.75, 3.05) is 36.5 Å². The summed E-state index contributed by atoms with van der Waals surface area (Å²) in [5.41, 5.74) is 0.775. The number of carbonyl (C=O) groups excluding carboxylic acids is 2. The molecule has 0 bridgehead atoms. The van der Waals surface area contributed by atoms with E-state index in [0.29, 0.717) is 18.2 Å². The molecule has 12 heteroatoms. The van der Waals surface area contributed by atoms with Crippen LogP contribution in [0.15, 0.2) is 21.7 Å². The third kappa shape index (κ3) is 4.88. The van der Waals surface area contributed by atoms with Crippen LogP contribution < -0.4 is 5.32 Å². The molecule has 2 aromatic rings. The second-order valence-electron chi connectivity index (χ2n) is 5.55. The molecule has 1 saturated heterocycles. The lowest BCUT2D eigenvalue weighted by Gasteiger charge is -2.25. The van der Waals surface area contributed by atoms with Gasteiger partial charge in [0.05, 0.1) is 5.69 Å². The van der Waals surface area contributed by atoms with Crippen molar-refractivity contribution in [3.8, 4) is 0 Å². The van der Waals surface area contributed by atoms with Crippen molar-refractivity contribution >= 4 is 61.5 Å². The van der Waals surface area contributed by atoms with Crippen LogP contribution in [0.25, 0.3) is 0 Å². The number of esters is 1. The fraction of sp³-hybridized carbons (Fsp3) is 0.400. The van der Waals surface area contributed by atoms with Crippen LogP contribution in [0.1, 0.15) is 15.4 Å². The number of thioether (sulfide) groups is 1. The quantitative estimate of drug-likeness (QED) is 0.676. The largest absolute Gasteiger partial charge is 0.451 e. The zero-order valence-corrected chi connectivity index (χ0v) is 17.6. The average molecular weight is 448 g/mol. The summed E-state index contributed by atoms with van der Waals surface area (Å²) in [7, 11) is -3.76. The Hall–Kier alpha value is -1.47. The van der Waals surface area contributed by atoms with E-state index in [2.05, 4.69) is 10.3 Å². The number of nitrogens with zero attached hydrogens (tertiary/aromatic N) is 2. The summed E-state index contributed by atoms with van der Waals surface area (Å²) in [6.07, 6.45) is 0. The molecule has 1 amide bonds. The minimum absolute atomic E-state index is 0.0221. The smallest absolute Gasteiger partial charge is 0.350 e. The van der Waals surface area contributed by atoms with Crippen molar-refractivity contribution in [1.82, 2.24) is 9.29 Å². The van der Waals surface area contributed by atoms with Gasteiger partial charge >= 0.3 is 5.97 Å². The summed E-state index contributed by atoms with van der Waals surface area (Å²) in [5, 5.41) is 6.25. The summed E-state index contributed by atoms with van der Waals surface area (Å²) in [6.45, 7) is 2.10. The van der Waals surface area contributed by atoms with Crippen LogP contribution in [-0.4, -0.2) is 60.8 Å². The number of amides is 1. The molecule has 2 aromatic heterocycles. The Balaban J connectivity index is 1.64. The van der Waals surface area contributed by atoms with Gasteiger partial charge in [-0.15, -0.1) is 22.7 Å². The summed E-state index contributed by atoms with van der Waals surface area (Å²) < 4.78 is 31.9. The molecule has 8 nitrogen and oxygen atoms in total. The van der Waals surface area contributed by atoms with Gasteiger partial charge in [-0.25, -0.2) is 18.2 Å². The molecule has 0 aliphatic carbocycles. The number of ether oxygens (including phenoxy) is 1. The van der Waals surface area contributed by atoms with Gasteiger partial charge in [0, 0.05) is 30.0 Å². The van der Waals surface area contributed by atoms with E-state index in [1.807, 2.05) is 0 Å². The summed E-state index contributed by atoms with van der Waals surface area (Å²) in [6, 6.07) is 1.40. The number of hydrogen-bond acceptors (Lipinski definition) is 9. The molecular formula is C15H17N3O5S4. The Morgan fingerprint density at radius 1 is 1.30 bits per heavy atom. The number of aromatic nitrogens is 1. The Kier molecular flexibility index (Phi) is 6.52. The molecule has 3 heterocycles. The maximum Gasteiger partial charge on any atom is 0.350 e. The highest BCUT2D eigenvalue weighted by atomic mass is 32.2. The molecule has 3 rings (SSSR count). The predicted octanol–water partition coefficient (Wildman–Crippen LogP) is 2.05. The lowest BCUT2D eigenvalue weighted by atomic mass is 10.5.